The molecule has 1 saturated heterocycles. The Morgan fingerprint density at radius 1 is 1.26 bits per heavy atom. The fourth-order valence-electron chi connectivity index (χ4n) is 5.20. The minimum atomic E-state index is -2.58. The quantitative estimate of drug-likeness (QED) is 0.548. The number of nitrogens with one attached hydrogen (secondary N) is 2. The van der Waals surface area contributed by atoms with Crippen LogP contribution >= 0.6 is 11.6 Å². The zero-order chi connectivity index (χ0) is 24.3. The summed E-state index contributed by atoms with van der Waals surface area (Å²) in [6.45, 7) is 1.05. The first kappa shape index (κ1) is 23.0. The molecule has 1 aliphatic heterocycles. The van der Waals surface area contributed by atoms with Crippen molar-refractivity contribution in [2.75, 3.05) is 29.0 Å². The van der Waals surface area contributed by atoms with Gasteiger partial charge in [0.25, 0.3) is 5.56 Å². The van der Waals surface area contributed by atoms with Crippen LogP contribution in [-0.2, 0) is 7.05 Å². The number of anilines is 3. The van der Waals surface area contributed by atoms with E-state index in [0.29, 0.717) is 55.7 Å². The number of hydrogen-bond donors (Lipinski definition) is 3. The maximum absolute atomic E-state index is 13.8. The first-order valence-corrected chi connectivity index (χ1v) is 12.0. The lowest BCUT2D eigenvalue weighted by Gasteiger charge is -2.40. The van der Waals surface area contributed by atoms with Crippen LogP contribution in [0.2, 0.25) is 5.02 Å². The monoisotopic (exact) mass is 491 g/mol. The summed E-state index contributed by atoms with van der Waals surface area (Å²) in [6.07, 6.45) is 5.28. The van der Waals surface area contributed by atoms with E-state index in [2.05, 4.69) is 15.3 Å². The Balaban J connectivity index is 1.40. The van der Waals surface area contributed by atoms with Crippen molar-refractivity contribution in [1.29, 1.82) is 5.41 Å². The van der Waals surface area contributed by atoms with Gasteiger partial charge in [0.1, 0.15) is 17.2 Å². The van der Waals surface area contributed by atoms with E-state index >= 15 is 0 Å². The topological polar surface area (TPSA) is 113 Å². The van der Waals surface area contributed by atoms with Gasteiger partial charge in [-0.05, 0) is 43.6 Å². The van der Waals surface area contributed by atoms with Gasteiger partial charge in [-0.2, -0.15) is 4.98 Å². The molecule has 8 nitrogen and oxygen atoms in total. The number of piperidine rings is 1. The Morgan fingerprint density at radius 2 is 1.97 bits per heavy atom. The van der Waals surface area contributed by atoms with Crippen LogP contribution in [0.3, 0.4) is 0 Å². The van der Waals surface area contributed by atoms with E-state index in [-0.39, 0.29) is 40.4 Å². The van der Waals surface area contributed by atoms with E-state index < -0.39 is 11.5 Å². The van der Waals surface area contributed by atoms with Crippen LogP contribution < -0.4 is 21.5 Å². The third-order valence-corrected chi connectivity index (χ3v) is 7.77. The molecule has 2 aliphatic carbocycles. The highest BCUT2D eigenvalue weighted by Crippen LogP contribution is 2.53. The fourth-order valence-corrected chi connectivity index (χ4v) is 5.46. The molecule has 34 heavy (non-hydrogen) atoms. The largest absolute Gasteiger partial charge is 0.383 e. The molecule has 3 aliphatic rings. The second-order valence-corrected chi connectivity index (χ2v) is 10.2. The second-order valence-electron chi connectivity index (χ2n) is 9.87. The molecular weight excluding hydrogens is 464 g/mol. The van der Waals surface area contributed by atoms with Crippen molar-refractivity contribution in [3.05, 3.63) is 38.8 Å². The number of nitrogen functional groups attached to an aromatic ring is 1. The van der Waals surface area contributed by atoms with Crippen molar-refractivity contribution in [2.45, 2.75) is 56.9 Å². The van der Waals surface area contributed by atoms with Gasteiger partial charge in [0, 0.05) is 50.8 Å². The van der Waals surface area contributed by atoms with Gasteiger partial charge < -0.3 is 16.0 Å². The van der Waals surface area contributed by atoms with Gasteiger partial charge >= 0.3 is 0 Å². The summed E-state index contributed by atoms with van der Waals surface area (Å²) in [7, 11) is 1.59. The number of nitrogens with two attached hydrogens (primary N) is 1. The standard InChI is InChI=1S/C23H28ClF2N7O/c1-32-20(34)15(17(27)14-4-9-29-19(16(14)24)30-13-2-3-13)18(28)31-21(32)33-10-7-22(8-11-33)5-6-23(25,26)12-22/h4,9,13,27H,2-3,5-8,10-12,28H2,1H3,(H,29,30). The van der Waals surface area contributed by atoms with Crippen molar-refractivity contribution >= 4 is 34.9 Å². The summed E-state index contributed by atoms with van der Waals surface area (Å²) in [5, 5.41) is 12.2. The zero-order valence-corrected chi connectivity index (χ0v) is 19.8. The Kier molecular flexibility index (Phi) is 5.54. The van der Waals surface area contributed by atoms with Gasteiger partial charge in [-0.1, -0.05) is 11.6 Å². The van der Waals surface area contributed by atoms with Crippen LogP contribution in [0.4, 0.5) is 26.4 Å². The average molecular weight is 492 g/mol. The zero-order valence-electron chi connectivity index (χ0n) is 19.0. The minimum Gasteiger partial charge on any atom is -0.383 e. The van der Waals surface area contributed by atoms with Crippen molar-refractivity contribution in [3.8, 4) is 0 Å². The van der Waals surface area contributed by atoms with Gasteiger partial charge in [-0.3, -0.25) is 14.8 Å². The molecule has 2 aromatic heterocycles. The van der Waals surface area contributed by atoms with Crippen LogP contribution in [0, 0.1) is 10.8 Å². The molecule has 182 valence electrons. The van der Waals surface area contributed by atoms with Crippen molar-refractivity contribution in [3.63, 3.8) is 0 Å². The first-order chi connectivity index (χ1) is 16.1. The van der Waals surface area contributed by atoms with Crippen LogP contribution in [0.5, 0.6) is 0 Å². The Hall–Kier alpha value is -2.75. The molecule has 0 aromatic carbocycles. The number of rotatable bonds is 5. The molecule has 2 saturated carbocycles. The lowest BCUT2D eigenvalue weighted by molar-refractivity contribution is -0.00685. The average Bonchev–Trinajstić information content (AvgIpc) is 3.56. The maximum atomic E-state index is 13.8. The summed E-state index contributed by atoms with van der Waals surface area (Å²) < 4.78 is 29.0. The summed E-state index contributed by atoms with van der Waals surface area (Å²) >= 11 is 6.50. The van der Waals surface area contributed by atoms with Gasteiger partial charge in [0.15, 0.2) is 0 Å². The number of aromatic nitrogens is 3. The molecule has 0 amide bonds. The molecule has 4 N–H and O–H groups in total. The van der Waals surface area contributed by atoms with E-state index in [4.69, 9.17) is 22.7 Å². The SMILES string of the molecule is Cn1c(N2CCC3(CC2)CCC(F)(F)C3)nc(N)c(C(=N)c2ccnc(NC3CC3)c2Cl)c1=O. The predicted molar refractivity (Wildman–Crippen MR) is 128 cm³/mol. The van der Waals surface area contributed by atoms with Crippen LogP contribution in [0.25, 0.3) is 0 Å². The summed E-state index contributed by atoms with van der Waals surface area (Å²) in [5.41, 5.74) is 5.61. The highest BCUT2D eigenvalue weighted by molar-refractivity contribution is 6.37. The molecule has 0 unspecified atom stereocenters. The van der Waals surface area contributed by atoms with E-state index in [1.807, 2.05) is 4.90 Å². The predicted octanol–water partition coefficient (Wildman–Crippen LogP) is 3.81. The van der Waals surface area contributed by atoms with Gasteiger partial charge in [0.05, 0.1) is 10.7 Å². The molecule has 0 bridgehead atoms. The van der Waals surface area contributed by atoms with E-state index in [9.17, 15) is 13.6 Å². The molecule has 3 fully saturated rings. The van der Waals surface area contributed by atoms with Crippen LogP contribution in [-0.4, -0.2) is 45.3 Å². The number of halogens is 3. The third-order valence-electron chi connectivity index (χ3n) is 7.38. The van der Waals surface area contributed by atoms with E-state index in [1.54, 1.807) is 19.3 Å². The molecular formula is C23H28ClF2N7O. The first-order valence-electron chi connectivity index (χ1n) is 11.6. The molecule has 1 spiro atoms. The number of nitrogens with zero attached hydrogens (tertiary/aromatic N) is 4. The van der Waals surface area contributed by atoms with Crippen molar-refractivity contribution < 1.29 is 8.78 Å². The summed E-state index contributed by atoms with van der Waals surface area (Å²) in [4.78, 5) is 23.9. The van der Waals surface area contributed by atoms with Crippen LogP contribution in [0.1, 0.15) is 56.1 Å². The van der Waals surface area contributed by atoms with Gasteiger partial charge in [-0.25, -0.2) is 13.8 Å². The van der Waals surface area contributed by atoms with Crippen molar-refractivity contribution in [1.82, 2.24) is 14.5 Å². The molecule has 0 radical (unpaired) electrons. The Morgan fingerprint density at radius 3 is 2.59 bits per heavy atom. The van der Waals surface area contributed by atoms with E-state index in [0.717, 1.165) is 12.8 Å². The minimum absolute atomic E-state index is 0.0272. The molecule has 0 atom stereocenters. The van der Waals surface area contributed by atoms with Gasteiger partial charge in [-0.15, -0.1) is 0 Å². The molecule has 5 rings (SSSR count). The van der Waals surface area contributed by atoms with Crippen molar-refractivity contribution in [2.24, 2.45) is 12.5 Å². The number of hydrogen-bond acceptors (Lipinski definition) is 7. The number of alkyl halides is 2. The normalized spacial score (nSPS) is 21.1. The smallest absolute Gasteiger partial charge is 0.266 e. The molecule has 2 aromatic rings. The third kappa shape index (κ3) is 4.12. The Labute approximate surface area is 201 Å². The second kappa shape index (κ2) is 8.18. The highest BCUT2D eigenvalue weighted by atomic mass is 35.5. The van der Waals surface area contributed by atoms with E-state index in [1.165, 1.54) is 4.57 Å². The fraction of sp³-hybridized carbons (Fsp3) is 0.565. The highest BCUT2D eigenvalue weighted by Gasteiger charge is 2.50. The Bertz CT molecular complexity index is 1200. The number of pyridine rings is 1. The van der Waals surface area contributed by atoms with Gasteiger partial charge in [0.2, 0.25) is 11.9 Å². The lowest BCUT2D eigenvalue weighted by Crippen LogP contribution is -2.43. The maximum Gasteiger partial charge on any atom is 0.266 e. The summed E-state index contributed by atoms with van der Waals surface area (Å²) in [6, 6.07) is 1.91. The lowest BCUT2D eigenvalue weighted by atomic mass is 9.77. The molecule has 11 heteroatoms. The summed E-state index contributed by atoms with van der Waals surface area (Å²) in [5.74, 6) is -1.77. The molecule has 3 heterocycles. The van der Waals surface area contributed by atoms with Crippen LogP contribution in [0.15, 0.2) is 17.1 Å².